The van der Waals surface area contributed by atoms with Crippen molar-refractivity contribution in [3.63, 3.8) is 0 Å². The third kappa shape index (κ3) is 7.86. The highest BCUT2D eigenvalue weighted by Crippen LogP contribution is 2.47. The number of aliphatic hydroxyl groups is 1. The molecule has 17 heteroatoms. The Morgan fingerprint density at radius 1 is 0.880 bits per heavy atom. The number of anilines is 2. The number of halogens is 9. The van der Waals surface area contributed by atoms with E-state index < -0.39 is 70.9 Å². The van der Waals surface area contributed by atoms with Crippen LogP contribution in [-0.4, -0.2) is 42.9 Å². The van der Waals surface area contributed by atoms with E-state index in [0.29, 0.717) is 44.2 Å². The quantitative estimate of drug-likeness (QED) is 0.248. The molecule has 274 valence electrons. The monoisotopic (exact) mass is 720 g/mol. The number of aromatic nitrogens is 4. The lowest BCUT2D eigenvalue weighted by molar-refractivity contribution is -0.143. The van der Waals surface area contributed by atoms with Gasteiger partial charge in [-0.2, -0.15) is 44.3 Å². The van der Waals surface area contributed by atoms with Crippen LogP contribution in [0.3, 0.4) is 0 Å². The summed E-state index contributed by atoms with van der Waals surface area (Å²) in [6.45, 7) is 4.51. The van der Waals surface area contributed by atoms with Crippen LogP contribution in [0.4, 0.5) is 51.1 Å². The number of fused-ring (bicyclic) bond motifs is 1. The summed E-state index contributed by atoms with van der Waals surface area (Å²) in [5.41, 5.74) is -5.43. The number of benzene rings is 2. The highest BCUT2D eigenvalue weighted by atomic mass is 19.4. The van der Waals surface area contributed by atoms with Gasteiger partial charge in [-0.05, 0) is 111 Å². The molecule has 1 amide bonds. The first-order chi connectivity index (χ1) is 23.1. The van der Waals surface area contributed by atoms with E-state index in [9.17, 15) is 49.4 Å². The molecule has 2 heterocycles. The van der Waals surface area contributed by atoms with E-state index in [4.69, 9.17) is 0 Å². The summed E-state index contributed by atoms with van der Waals surface area (Å²) >= 11 is 0. The summed E-state index contributed by atoms with van der Waals surface area (Å²) in [6, 6.07) is 2.22. The Morgan fingerprint density at radius 2 is 1.46 bits per heavy atom. The van der Waals surface area contributed by atoms with E-state index in [-0.39, 0.29) is 41.5 Å². The van der Waals surface area contributed by atoms with E-state index in [1.54, 1.807) is 20.8 Å². The zero-order valence-electron chi connectivity index (χ0n) is 27.7. The molecule has 2 aromatic carbocycles. The number of tetrazole rings is 1. The van der Waals surface area contributed by atoms with Crippen LogP contribution in [0.2, 0.25) is 0 Å². The Hall–Kier alpha value is -3.89. The molecule has 0 saturated heterocycles. The third-order valence-electron chi connectivity index (χ3n) is 9.75. The van der Waals surface area contributed by atoms with Gasteiger partial charge in [0.25, 0.3) is 5.95 Å². The second-order valence-corrected chi connectivity index (χ2v) is 13.6. The summed E-state index contributed by atoms with van der Waals surface area (Å²) in [5, 5.41) is 22.3. The summed E-state index contributed by atoms with van der Waals surface area (Å²) in [6.07, 6.45) is -12.8. The van der Waals surface area contributed by atoms with E-state index >= 15 is 0 Å². The van der Waals surface area contributed by atoms with Gasteiger partial charge < -0.3 is 14.9 Å². The summed E-state index contributed by atoms with van der Waals surface area (Å²) in [4.78, 5) is 17.9. The highest BCUT2D eigenvalue weighted by Gasteiger charge is 2.44. The van der Waals surface area contributed by atoms with Gasteiger partial charge >= 0.3 is 18.5 Å². The fourth-order valence-electron chi connectivity index (χ4n) is 7.11. The first kappa shape index (κ1) is 37.4. The van der Waals surface area contributed by atoms with Gasteiger partial charge in [-0.1, -0.05) is 12.0 Å². The minimum atomic E-state index is -5.13. The SMILES string of the molecule is CC[C@@H]1C[C@H](N(Cc2cc(C(F)(F)F)cc(C(F)(F)F)c2)c2nnn(C)n2)c2cc(C(F)(F)F)ccc2N1C(=O)C1CCC(C(C)(C)O)CC1. The number of alkyl halides is 9. The number of hydrogen-bond acceptors (Lipinski definition) is 6. The van der Waals surface area contributed by atoms with Crippen molar-refractivity contribution in [1.29, 1.82) is 0 Å². The lowest BCUT2D eigenvalue weighted by atomic mass is 9.74. The number of amides is 1. The standard InChI is InChI=1S/C33H37F9N6O2/c1-5-24-16-27(47(29-43-45-46(4)44-29)17-18-12-22(32(37,38)39)14-23(13-18)33(40,41)42)25-15-21(31(34,35)36)10-11-26(25)48(24)28(49)19-6-8-20(9-7-19)30(2,3)50/h10-15,19-20,24,27,50H,5-9,16-17H2,1-4H3/t19?,20?,24-,27+/m1/s1. The second-order valence-electron chi connectivity index (χ2n) is 13.6. The van der Waals surface area contributed by atoms with Gasteiger partial charge in [0.15, 0.2) is 0 Å². The van der Waals surface area contributed by atoms with Crippen molar-refractivity contribution >= 4 is 17.5 Å². The van der Waals surface area contributed by atoms with E-state index in [2.05, 4.69) is 15.4 Å². The third-order valence-corrected chi connectivity index (χ3v) is 9.75. The van der Waals surface area contributed by atoms with Gasteiger partial charge in [-0.25, -0.2) is 0 Å². The largest absolute Gasteiger partial charge is 0.416 e. The predicted octanol–water partition coefficient (Wildman–Crippen LogP) is 8.11. The number of rotatable bonds is 7. The van der Waals surface area contributed by atoms with Crippen molar-refractivity contribution in [2.24, 2.45) is 18.9 Å². The van der Waals surface area contributed by atoms with E-state index in [1.165, 1.54) is 22.9 Å². The Balaban J connectivity index is 1.63. The number of carbonyl (C=O) groups excluding carboxylic acids is 1. The Kier molecular flexibility index (Phi) is 9.97. The molecule has 1 N–H and O–H groups in total. The van der Waals surface area contributed by atoms with Crippen LogP contribution in [0.5, 0.6) is 0 Å². The summed E-state index contributed by atoms with van der Waals surface area (Å²) in [5.74, 6) is -1.06. The van der Waals surface area contributed by atoms with Gasteiger partial charge in [-0.15, -0.1) is 5.10 Å². The van der Waals surface area contributed by atoms with E-state index in [0.717, 1.165) is 16.9 Å². The van der Waals surface area contributed by atoms with Crippen LogP contribution < -0.4 is 9.80 Å². The lowest BCUT2D eigenvalue weighted by Crippen LogP contribution is -2.50. The normalized spacial score (nSPS) is 22.0. The molecule has 5 rings (SSSR count). The number of carbonyl (C=O) groups is 1. The molecular formula is C33H37F9N6O2. The molecule has 50 heavy (non-hydrogen) atoms. The Bertz CT molecular complexity index is 1660. The molecular weight excluding hydrogens is 683 g/mol. The van der Waals surface area contributed by atoms with Crippen molar-refractivity contribution < 1.29 is 49.4 Å². The fourth-order valence-corrected chi connectivity index (χ4v) is 7.11. The van der Waals surface area contributed by atoms with Gasteiger partial charge in [-0.3, -0.25) is 4.79 Å². The van der Waals surface area contributed by atoms with Gasteiger partial charge in [0.2, 0.25) is 5.91 Å². The van der Waals surface area contributed by atoms with Crippen LogP contribution in [0.1, 0.15) is 93.2 Å². The molecule has 3 aromatic rings. The first-order valence-corrected chi connectivity index (χ1v) is 16.1. The second kappa shape index (κ2) is 13.3. The molecule has 0 unspecified atom stereocenters. The van der Waals surface area contributed by atoms with Crippen molar-refractivity contribution in [3.8, 4) is 0 Å². The summed E-state index contributed by atoms with van der Waals surface area (Å²) in [7, 11) is 1.37. The van der Waals surface area contributed by atoms with E-state index in [1.807, 2.05) is 0 Å². The molecule has 1 aliphatic carbocycles. The Labute approximate surface area is 282 Å². The topological polar surface area (TPSA) is 87.4 Å². The molecule has 0 bridgehead atoms. The number of nitrogens with zero attached hydrogens (tertiary/aromatic N) is 6. The smallest absolute Gasteiger partial charge is 0.390 e. The van der Waals surface area contributed by atoms with Crippen LogP contribution in [0.15, 0.2) is 36.4 Å². The average Bonchev–Trinajstić information content (AvgIpc) is 3.46. The fraction of sp³-hybridized carbons (Fsp3) is 0.576. The Morgan fingerprint density at radius 3 is 1.94 bits per heavy atom. The average molecular weight is 721 g/mol. The molecule has 1 aromatic heterocycles. The van der Waals surface area contributed by atoms with Crippen LogP contribution in [0, 0.1) is 11.8 Å². The molecule has 1 aliphatic heterocycles. The zero-order valence-corrected chi connectivity index (χ0v) is 27.7. The van der Waals surface area contributed by atoms with Crippen molar-refractivity contribution in [1.82, 2.24) is 20.2 Å². The van der Waals surface area contributed by atoms with Crippen molar-refractivity contribution in [3.05, 3.63) is 64.2 Å². The molecule has 2 atom stereocenters. The molecule has 2 aliphatic rings. The number of aryl methyl sites for hydroxylation is 1. The maximum absolute atomic E-state index is 14.2. The first-order valence-electron chi connectivity index (χ1n) is 16.1. The zero-order chi connectivity index (χ0) is 37.0. The minimum Gasteiger partial charge on any atom is -0.390 e. The molecule has 0 spiro atoms. The molecule has 1 saturated carbocycles. The minimum absolute atomic E-state index is 0.00839. The predicted molar refractivity (Wildman–Crippen MR) is 164 cm³/mol. The maximum atomic E-state index is 14.2. The van der Waals surface area contributed by atoms with Crippen LogP contribution in [-0.2, 0) is 36.9 Å². The summed E-state index contributed by atoms with van der Waals surface area (Å²) < 4.78 is 125. The van der Waals surface area contributed by atoms with Gasteiger partial charge in [0.05, 0.1) is 35.4 Å². The van der Waals surface area contributed by atoms with Gasteiger partial charge in [0, 0.05) is 24.2 Å². The van der Waals surface area contributed by atoms with Crippen molar-refractivity contribution in [2.75, 3.05) is 9.80 Å². The molecule has 1 fully saturated rings. The number of hydrogen-bond donors (Lipinski definition) is 1. The highest BCUT2D eigenvalue weighted by molar-refractivity contribution is 5.97. The van der Waals surface area contributed by atoms with Crippen LogP contribution in [0.25, 0.3) is 0 Å². The maximum Gasteiger partial charge on any atom is 0.416 e. The lowest BCUT2D eigenvalue weighted by Gasteiger charge is -2.46. The molecule has 0 radical (unpaired) electrons. The van der Waals surface area contributed by atoms with Crippen LogP contribution >= 0.6 is 0 Å². The van der Waals surface area contributed by atoms with Crippen molar-refractivity contribution in [2.45, 2.75) is 102 Å². The van der Waals surface area contributed by atoms with Gasteiger partial charge in [0.1, 0.15) is 0 Å². The molecule has 8 nitrogen and oxygen atoms in total.